The summed E-state index contributed by atoms with van der Waals surface area (Å²) in [6.07, 6.45) is 0.818. The van der Waals surface area contributed by atoms with Crippen molar-refractivity contribution in [1.29, 1.82) is 5.26 Å². The predicted octanol–water partition coefficient (Wildman–Crippen LogP) is 2.02. The van der Waals surface area contributed by atoms with E-state index in [0.29, 0.717) is 0 Å². The van der Waals surface area contributed by atoms with Gasteiger partial charge in [0.1, 0.15) is 17.1 Å². The van der Waals surface area contributed by atoms with Gasteiger partial charge in [0, 0.05) is 13.0 Å². The molecule has 0 atom stereocenters. The summed E-state index contributed by atoms with van der Waals surface area (Å²) in [5, 5.41) is 11.9. The minimum absolute atomic E-state index is 0.457. The number of nitriles is 1. The third kappa shape index (κ3) is 3.23. The zero-order valence-electron chi connectivity index (χ0n) is 8.92. The number of nitrogens with zero attached hydrogens (tertiary/aromatic N) is 1. The topological polar surface area (TPSA) is 49.0 Å². The van der Waals surface area contributed by atoms with Crippen LogP contribution in [0.1, 0.15) is 25.4 Å². The Bertz CT molecular complexity index is 333. The molecule has 1 aromatic rings. The molecular formula is C11H16N2O. The van der Waals surface area contributed by atoms with Crippen LogP contribution in [-0.2, 0) is 6.42 Å². The lowest BCUT2D eigenvalue weighted by atomic mass is 10.1. The van der Waals surface area contributed by atoms with Crippen LogP contribution in [-0.4, -0.2) is 12.1 Å². The third-order valence-corrected chi connectivity index (χ3v) is 2.01. The fraction of sp³-hybridized carbons (Fsp3) is 0.545. The van der Waals surface area contributed by atoms with Gasteiger partial charge in [-0.2, -0.15) is 5.26 Å². The summed E-state index contributed by atoms with van der Waals surface area (Å²) in [5.74, 6) is 1.89. The van der Waals surface area contributed by atoms with Gasteiger partial charge in [-0.15, -0.1) is 0 Å². The molecule has 0 bridgehead atoms. The van der Waals surface area contributed by atoms with Crippen molar-refractivity contribution in [2.45, 2.75) is 32.7 Å². The van der Waals surface area contributed by atoms with E-state index < -0.39 is 5.54 Å². The molecule has 0 aliphatic rings. The van der Waals surface area contributed by atoms with Crippen LogP contribution in [0.2, 0.25) is 0 Å². The highest BCUT2D eigenvalue weighted by Gasteiger charge is 2.14. The van der Waals surface area contributed by atoms with Crippen molar-refractivity contribution in [3.05, 3.63) is 23.7 Å². The zero-order chi connectivity index (χ0) is 10.6. The van der Waals surface area contributed by atoms with Crippen LogP contribution < -0.4 is 5.32 Å². The molecule has 1 aromatic heterocycles. The number of hydrogen-bond donors (Lipinski definition) is 1. The second-order valence-corrected chi connectivity index (χ2v) is 3.93. The van der Waals surface area contributed by atoms with E-state index in [1.807, 2.05) is 32.9 Å². The lowest BCUT2D eigenvalue weighted by molar-refractivity contribution is 0.445. The van der Waals surface area contributed by atoms with Crippen molar-refractivity contribution in [1.82, 2.24) is 5.32 Å². The first-order valence-corrected chi connectivity index (χ1v) is 4.75. The lowest BCUT2D eigenvalue weighted by Gasteiger charge is -2.16. The first-order valence-electron chi connectivity index (χ1n) is 4.75. The van der Waals surface area contributed by atoms with Gasteiger partial charge in [-0.05, 0) is 32.9 Å². The molecule has 0 saturated heterocycles. The van der Waals surface area contributed by atoms with Gasteiger partial charge >= 0.3 is 0 Å². The molecule has 76 valence electrons. The second-order valence-electron chi connectivity index (χ2n) is 3.93. The van der Waals surface area contributed by atoms with Crippen LogP contribution in [0.15, 0.2) is 16.5 Å². The Morgan fingerprint density at radius 1 is 1.50 bits per heavy atom. The van der Waals surface area contributed by atoms with E-state index in [1.54, 1.807) is 0 Å². The van der Waals surface area contributed by atoms with Gasteiger partial charge in [0.25, 0.3) is 0 Å². The van der Waals surface area contributed by atoms with Crippen molar-refractivity contribution in [3.8, 4) is 6.07 Å². The highest BCUT2D eigenvalue weighted by molar-refractivity contribution is 5.06. The summed E-state index contributed by atoms with van der Waals surface area (Å²) >= 11 is 0. The second kappa shape index (κ2) is 4.30. The predicted molar refractivity (Wildman–Crippen MR) is 54.8 cm³/mol. The molecule has 0 saturated carbocycles. The molecule has 14 heavy (non-hydrogen) atoms. The highest BCUT2D eigenvalue weighted by atomic mass is 16.3. The number of hydrogen-bond acceptors (Lipinski definition) is 3. The Hall–Kier alpha value is -1.27. The van der Waals surface area contributed by atoms with Gasteiger partial charge in [0.2, 0.25) is 0 Å². The molecule has 0 radical (unpaired) electrons. The number of furan rings is 1. The van der Waals surface area contributed by atoms with Gasteiger partial charge in [-0.3, -0.25) is 5.32 Å². The summed E-state index contributed by atoms with van der Waals surface area (Å²) in [6, 6.07) is 6.11. The molecular weight excluding hydrogens is 176 g/mol. The molecule has 3 heteroatoms. The molecule has 3 nitrogen and oxygen atoms in total. The van der Waals surface area contributed by atoms with Crippen molar-refractivity contribution in [3.63, 3.8) is 0 Å². The molecule has 0 amide bonds. The maximum atomic E-state index is 8.76. The first kappa shape index (κ1) is 10.8. The van der Waals surface area contributed by atoms with Gasteiger partial charge in [0.15, 0.2) is 0 Å². The molecule has 1 heterocycles. The van der Waals surface area contributed by atoms with Crippen LogP contribution >= 0.6 is 0 Å². The van der Waals surface area contributed by atoms with E-state index in [-0.39, 0.29) is 0 Å². The molecule has 0 unspecified atom stereocenters. The number of rotatable bonds is 4. The number of nitrogens with one attached hydrogen (secondary N) is 1. The maximum Gasteiger partial charge on any atom is 0.105 e. The smallest absolute Gasteiger partial charge is 0.105 e. The molecule has 1 N–H and O–H groups in total. The van der Waals surface area contributed by atoms with E-state index in [4.69, 9.17) is 9.68 Å². The van der Waals surface area contributed by atoms with Gasteiger partial charge in [0.05, 0.1) is 6.07 Å². The molecule has 0 aromatic carbocycles. The Balaban J connectivity index is 2.33. The third-order valence-electron chi connectivity index (χ3n) is 2.01. The maximum absolute atomic E-state index is 8.76. The van der Waals surface area contributed by atoms with Gasteiger partial charge in [-0.25, -0.2) is 0 Å². The molecule has 1 rings (SSSR count). The monoisotopic (exact) mass is 192 g/mol. The van der Waals surface area contributed by atoms with Crippen LogP contribution in [0.4, 0.5) is 0 Å². The Kier molecular flexibility index (Phi) is 3.32. The van der Waals surface area contributed by atoms with Gasteiger partial charge < -0.3 is 4.42 Å². The average Bonchev–Trinajstić information content (AvgIpc) is 2.51. The van der Waals surface area contributed by atoms with Crippen molar-refractivity contribution >= 4 is 0 Å². The normalized spacial score (nSPS) is 11.3. The first-order chi connectivity index (χ1) is 6.53. The summed E-state index contributed by atoms with van der Waals surface area (Å²) in [4.78, 5) is 0. The Labute approximate surface area is 84.7 Å². The largest absolute Gasteiger partial charge is 0.466 e. The summed E-state index contributed by atoms with van der Waals surface area (Å²) in [6.45, 7) is 6.41. The summed E-state index contributed by atoms with van der Waals surface area (Å²) in [5.41, 5.74) is -0.457. The quantitative estimate of drug-likeness (QED) is 0.794. The summed E-state index contributed by atoms with van der Waals surface area (Å²) in [7, 11) is 0. The molecule has 0 aliphatic heterocycles. The van der Waals surface area contributed by atoms with E-state index >= 15 is 0 Å². The van der Waals surface area contributed by atoms with Gasteiger partial charge in [-0.1, -0.05) is 0 Å². The van der Waals surface area contributed by atoms with E-state index in [9.17, 15) is 0 Å². The minimum Gasteiger partial charge on any atom is -0.466 e. The molecule has 0 fully saturated rings. The highest BCUT2D eigenvalue weighted by Crippen LogP contribution is 2.07. The number of aryl methyl sites for hydroxylation is 1. The van der Waals surface area contributed by atoms with Crippen LogP contribution in [0, 0.1) is 18.3 Å². The fourth-order valence-electron chi connectivity index (χ4n) is 1.16. The standard InChI is InChI=1S/C11H16N2O/c1-9-4-5-10(14-9)6-7-13-11(2,3)8-12/h4-5,13H,6-7H2,1-3H3. The SMILES string of the molecule is Cc1ccc(CCNC(C)(C)C#N)o1. The van der Waals surface area contributed by atoms with E-state index in [1.165, 1.54) is 0 Å². The minimum atomic E-state index is -0.457. The van der Waals surface area contributed by atoms with E-state index in [0.717, 1.165) is 24.5 Å². The summed E-state index contributed by atoms with van der Waals surface area (Å²) < 4.78 is 5.41. The fourth-order valence-corrected chi connectivity index (χ4v) is 1.16. The Morgan fingerprint density at radius 2 is 2.21 bits per heavy atom. The van der Waals surface area contributed by atoms with Crippen LogP contribution in [0.5, 0.6) is 0 Å². The van der Waals surface area contributed by atoms with Crippen molar-refractivity contribution in [2.75, 3.05) is 6.54 Å². The van der Waals surface area contributed by atoms with Crippen molar-refractivity contribution in [2.24, 2.45) is 0 Å². The van der Waals surface area contributed by atoms with Crippen molar-refractivity contribution < 1.29 is 4.42 Å². The molecule has 0 spiro atoms. The van der Waals surface area contributed by atoms with E-state index in [2.05, 4.69) is 11.4 Å². The average molecular weight is 192 g/mol. The van der Waals surface area contributed by atoms with Crippen LogP contribution in [0.25, 0.3) is 0 Å². The van der Waals surface area contributed by atoms with Crippen LogP contribution in [0.3, 0.4) is 0 Å². The Morgan fingerprint density at radius 3 is 2.71 bits per heavy atom. The zero-order valence-corrected chi connectivity index (χ0v) is 8.92. The lowest BCUT2D eigenvalue weighted by Crippen LogP contribution is -2.38. The molecule has 0 aliphatic carbocycles.